The van der Waals surface area contributed by atoms with Crippen LogP contribution in [0.1, 0.15) is 22.0 Å². The van der Waals surface area contributed by atoms with Crippen LogP contribution in [0.2, 0.25) is 0 Å². The lowest BCUT2D eigenvalue weighted by molar-refractivity contribution is 0.0948. The molecule has 2 aromatic heterocycles. The van der Waals surface area contributed by atoms with Gasteiger partial charge in [0.05, 0.1) is 12.2 Å². The Morgan fingerprint density at radius 1 is 1.40 bits per heavy atom. The monoisotopic (exact) mass is 273 g/mol. The molecule has 0 bridgehead atoms. The van der Waals surface area contributed by atoms with Crippen LogP contribution in [0.5, 0.6) is 0 Å². The number of amides is 1. The molecule has 0 saturated heterocycles. The highest BCUT2D eigenvalue weighted by atomic mass is 16.2. The molecule has 0 aromatic carbocycles. The molecule has 1 aliphatic rings. The van der Waals surface area contributed by atoms with E-state index in [0.29, 0.717) is 12.2 Å². The molecule has 3 N–H and O–H groups in total. The predicted octanol–water partition coefficient (Wildman–Crippen LogP) is -0.708. The van der Waals surface area contributed by atoms with Crippen LogP contribution in [0.3, 0.4) is 0 Å². The third-order valence-electron chi connectivity index (χ3n) is 3.27. The average molecular weight is 273 g/mol. The topological polar surface area (TPSA) is 102 Å². The van der Waals surface area contributed by atoms with Crippen LogP contribution in [0.15, 0.2) is 24.5 Å². The number of hydrogen-bond donors (Lipinski definition) is 2. The second kappa shape index (κ2) is 5.35. The zero-order valence-electron chi connectivity index (χ0n) is 10.9. The number of nitrogen functional groups attached to an aromatic ring is 1. The molecular formula is C12H15N7O. The lowest BCUT2D eigenvalue weighted by Crippen LogP contribution is -2.34. The molecule has 2 aromatic rings. The summed E-state index contributed by atoms with van der Waals surface area (Å²) < 4.78 is 2.04. The number of nitrogens with zero attached hydrogens (tertiary/aromatic N) is 5. The number of carbonyl (C=O) groups excluding carboxylic acids is 1. The molecular weight excluding hydrogens is 258 g/mol. The van der Waals surface area contributed by atoms with E-state index in [9.17, 15) is 4.79 Å². The largest absolute Gasteiger partial charge is 0.315 e. The van der Waals surface area contributed by atoms with Crippen molar-refractivity contribution in [2.45, 2.75) is 19.6 Å². The van der Waals surface area contributed by atoms with Gasteiger partial charge in [0.1, 0.15) is 17.8 Å². The van der Waals surface area contributed by atoms with E-state index in [0.717, 1.165) is 31.2 Å². The highest BCUT2D eigenvalue weighted by Gasteiger charge is 2.18. The van der Waals surface area contributed by atoms with Crippen molar-refractivity contribution in [2.24, 2.45) is 5.84 Å². The molecule has 3 rings (SSSR count). The van der Waals surface area contributed by atoms with Gasteiger partial charge in [0.15, 0.2) is 0 Å². The van der Waals surface area contributed by atoms with Crippen LogP contribution in [-0.2, 0) is 19.6 Å². The predicted molar refractivity (Wildman–Crippen MR) is 70.0 cm³/mol. The van der Waals surface area contributed by atoms with Crippen molar-refractivity contribution in [1.82, 2.24) is 30.1 Å². The van der Waals surface area contributed by atoms with Gasteiger partial charge in [-0.3, -0.25) is 15.1 Å². The van der Waals surface area contributed by atoms with Gasteiger partial charge in [0, 0.05) is 19.6 Å². The van der Waals surface area contributed by atoms with E-state index < -0.39 is 0 Å². The number of hydrogen-bond acceptors (Lipinski definition) is 6. The average Bonchev–Trinajstić information content (AvgIpc) is 2.94. The molecule has 8 nitrogen and oxygen atoms in total. The van der Waals surface area contributed by atoms with Gasteiger partial charge < -0.3 is 4.57 Å². The Morgan fingerprint density at radius 2 is 2.30 bits per heavy atom. The van der Waals surface area contributed by atoms with Crippen LogP contribution in [0.25, 0.3) is 0 Å². The fourth-order valence-electron chi connectivity index (χ4n) is 2.25. The summed E-state index contributed by atoms with van der Waals surface area (Å²) in [6.45, 7) is 3.17. The summed E-state index contributed by atoms with van der Waals surface area (Å²) >= 11 is 0. The van der Waals surface area contributed by atoms with E-state index >= 15 is 0 Å². The molecule has 0 unspecified atom stereocenters. The second-order valence-electron chi connectivity index (χ2n) is 4.64. The van der Waals surface area contributed by atoms with Crippen molar-refractivity contribution in [3.63, 3.8) is 0 Å². The number of nitrogens with one attached hydrogen (secondary N) is 1. The highest BCUT2D eigenvalue weighted by Crippen LogP contribution is 2.12. The Hall–Kier alpha value is -2.32. The summed E-state index contributed by atoms with van der Waals surface area (Å²) in [4.78, 5) is 18.0. The quantitative estimate of drug-likeness (QED) is 0.435. The van der Waals surface area contributed by atoms with E-state index in [-0.39, 0.29) is 5.91 Å². The zero-order valence-corrected chi connectivity index (χ0v) is 10.9. The minimum Gasteiger partial charge on any atom is -0.315 e. The molecule has 0 saturated carbocycles. The molecule has 20 heavy (non-hydrogen) atoms. The van der Waals surface area contributed by atoms with Gasteiger partial charge >= 0.3 is 0 Å². The van der Waals surface area contributed by atoms with Crippen molar-refractivity contribution in [2.75, 3.05) is 6.54 Å². The number of fused-ring (bicyclic) bond motifs is 1. The Kier molecular flexibility index (Phi) is 3.40. The maximum Gasteiger partial charge on any atom is 0.283 e. The normalized spacial score (nSPS) is 14.8. The van der Waals surface area contributed by atoms with Gasteiger partial charge in [0.25, 0.3) is 5.91 Å². The summed E-state index contributed by atoms with van der Waals surface area (Å²) in [6, 6.07) is 5.34. The zero-order chi connectivity index (χ0) is 13.9. The Morgan fingerprint density at radius 3 is 3.15 bits per heavy atom. The molecule has 1 aliphatic heterocycles. The number of nitrogens with two attached hydrogens (primary N) is 1. The van der Waals surface area contributed by atoms with E-state index in [2.05, 4.69) is 25.5 Å². The van der Waals surface area contributed by atoms with Crippen molar-refractivity contribution in [1.29, 1.82) is 0 Å². The molecule has 3 heterocycles. The summed E-state index contributed by atoms with van der Waals surface area (Å²) in [5.41, 5.74) is 3.24. The van der Waals surface area contributed by atoms with Crippen LogP contribution >= 0.6 is 0 Å². The molecule has 1 amide bonds. The minimum absolute atomic E-state index is 0.324. The summed E-state index contributed by atoms with van der Waals surface area (Å²) in [7, 11) is 0. The van der Waals surface area contributed by atoms with Crippen LogP contribution in [0.4, 0.5) is 0 Å². The van der Waals surface area contributed by atoms with Crippen LogP contribution in [-0.4, -0.2) is 37.1 Å². The number of carbonyl (C=O) groups is 1. The van der Waals surface area contributed by atoms with Gasteiger partial charge in [-0.05, 0) is 12.1 Å². The molecule has 0 aliphatic carbocycles. The van der Waals surface area contributed by atoms with Crippen molar-refractivity contribution in [3.05, 3.63) is 41.7 Å². The Balaban J connectivity index is 1.71. The summed E-state index contributed by atoms with van der Waals surface area (Å²) in [6.07, 6.45) is 1.75. The standard InChI is InChI=1S/C12H15N7O/c13-16-12(20)10-3-1-2-9(15-10)6-18-4-5-19-8-14-17-11(19)7-18/h1-3,8H,4-7,13H2,(H,16,20). The van der Waals surface area contributed by atoms with Crippen LogP contribution in [0, 0.1) is 0 Å². The van der Waals surface area contributed by atoms with Crippen LogP contribution < -0.4 is 11.3 Å². The first kappa shape index (κ1) is 12.7. The Bertz CT molecular complexity index is 624. The van der Waals surface area contributed by atoms with Gasteiger partial charge in [-0.1, -0.05) is 6.07 Å². The number of aromatic nitrogens is 4. The lowest BCUT2D eigenvalue weighted by Gasteiger charge is -2.26. The summed E-state index contributed by atoms with van der Waals surface area (Å²) in [5, 5.41) is 7.98. The SMILES string of the molecule is NNC(=O)c1cccc(CN2CCn3cnnc3C2)n1. The van der Waals surface area contributed by atoms with E-state index in [1.807, 2.05) is 10.6 Å². The molecule has 0 atom stereocenters. The molecule has 0 spiro atoms. The molecule has 0 fully saturated rings. The van der Waals surface area contributed by atoms with Gasteiger partial charge in [-0.15, -0.1) is 10.2 Å². The van der Waals surface area contributed by atoms with Gasteiger partial charge in [-0.25, -0.2) is 10.8 Å². The van der Waals surface area contributed by atoms with E-state index in [1.165, 1.54) is 0 Å². The number of hydrazine groups is 1. The minimum atomic E-state index is -0.384. The third kappa shape index (κ3) is 2.51. The fraction of sp³-hybridized carbons (Fsp3) is 0.333. The highest BCUT2D eigenvalue weighted by molar-refractivity contribution is 5.91. The molecule has 0 radical (unpaired) electrons. The molecule has 104 valence electrons. The number of pyridine rings is 1. The van der Waals surface area contributed by atoms with Crippen molar-refractivity contribution in [3.8, 4) is 0 Å². The Labute approximate surface area is 115 Å². The van der Waals surface area contributed by atoms with Crippen molar-refractivity contribution < 1.29 is 4.79 Å². The maximum atomic E-state index is 11.5. The van der Waals surface area contributed by atoms with E-state index in [1.54, 1.807) is 18.5 Å². The number of rotatable bonds is 3. The maximum absolute atomic E-state index is 11.5. The second-order valence-corrected chi connectivity index (χ2v) is 4.64. The van der Waals surface area contributed by atoms with Gasteiger partial charge in [0.2, 0.25) is 0 Å². The van der Waals surface area contributed by atoms with Crippen molar-refractivity contribution >= 4 is 5.91 Å². The first-order valence-corrected chi connectivity index (χ1v) is 6.32. The summed E-state index contributed by atoms with van der Waals surface area (Å²) in [5.74, 6) is 5.68. The molecule has 8 heteroatoms. The lowest BCUT2D eigenvalue weighted by atomic mass is 10.2. The fourth-order valence-corrected chi connectivity index (χ4v) is 2.25. The smallest absolute Gasteiger partial charge is 0.283 e. The first-order chi connectivity index (χ1) is 9.76. The van der Waals surface area contributed by atoms with E-state index in [4.69, 9.17) is 5.84 Å². The van der Waals surface area contributed by atoms with Gasteiger partial charge in [-0.2, -0.15) is 0 Å². The first-order valence-electron chi connectivity index (χ1n) is 6.32. The third-order valence-corrected chi connectivity index (χ3v) is 3.27.